The van der Waals surface area contributed by atoms with E-state index in [1.165, 1.54) is 18.7 Å². The Labute approximate surface area is 183 Å². The molecule has 3 aromatic heterocycles. The Kier molecular flexibility index (Phi) is 4.30. The summed E-state index contributed by atoms with van der Waals surface area (Å²) in [5.41, 5.74) is 8.27. The number of hydrogen-bond donors (Lipinski definition) is 1. The lowest BCUT2D eigenvalue weighted by atomic mass is 9.96. The second-order valence-electron chi connectivity index (χ2n) is 7.19. The molecule has 0 atom stereocenters. The van der Waals surface area contributed by atoms with Gasteiger partial charge in [-0.25, -0.2) is 9.78 Å². The van der Waals surface area contributed by atoms with Crippen molar-refractivity contribution in [3.8, 4) is 22.4 Å². The van der Waals surface area contributed by atoms with Crippen LogP contribution in [0.25, 0.3) is 44.4 Å². The smallest absolute Gasteiger partial charge is 0.332 e. The molecule has 0 aliphatic rings. The Morgan fingerprint density at radius 1 is 1.00 bits per heavy atom. The Hall–Kier alpha value is -3.72. The van der Waals surface area contributed by atoms with Crippen LogP contribution in [0.4, 0.5) is 5.82 Å². The fraction of sp³-hybridized carbons (Fsp3) is 0.0909. The molecule has 0 saturated carbocycles. The summed E-state index contributed by atoms with van der Waals surface area (Å²) in [5, 5.41) is 5.49. The van der Waals surface area contributed by atoms with Gasteiger partial charge in [0, 0.05) is 35.1 Å². The van der Waals surface area contributed by atoms with E-state index in [9.17, 15) is 9.59 Å². The Balaban J connectivity index is 2.07. The molecule has 154 valence electrons. The van der Waals surface area contributed by atoms with Crippen LogP contribution in [0, 0.1) is 0 Å². The van der Waals surface area contributed by atoms with Crippen LogP contribution in [0.1, 0.15) is 0 Å². The zero-order valence-corrected chi connectivity index (χ0v) is 18.2. The Morgan fingerprint density at radius 2 is 1.74 bits per heavy atom. The highest BCUT2D eigenvalue weighted by atomic mass is 79.9. The lowest BCUT2D eigenvalue weighted by Gasteiger charge is -2.14. The average molecular weight is 478 g/mol. The molecule has 0 aliphatic carbocycles. The normalized spacial score (nSPS) is 11.5. The van der Waals surface area contributed by atoms with Gasteiger partial charge in [0.1, 0.15) is 11.5 Å². The third kappa shape index (κ3) is 2.81. The second kappa shape index (κ2) is 6.92. The van der Waals surface area contributed by atoms with E-state index in [0.29, 0.717) is 27.5 Å². The van der Waals surface area contributed by atoms with Crippen LogP contribution in [0.2, 0.25) is 0 Å². The van der Waals surface area contributed by atoms with Gasteiger partial charge in [0.25, 0.3) is 11.3 Å². The molecule has 31 heavy (non-hydrogen) atoms. The summed E-state index contributed by atoms with van der Waals surface area (Å²) < 4.78 is 8.67. The molecule has 0 aliphatic heterocycles. The zero-order chi connectivity index (χ0) is 21.9. The number of nitrogens with zero attached hydrogens (tertiary/aromatic N) is 4. The minimum absolute atomic E-state index is 0.0575. The van der Waals surface area contributed by atoms with E-state index in [1.807, 2.05) is 48.5 Å². The number of halogens is 1. The molecule has 2 N–H and O–H groups in total. The Morgan fingerprint density at radius 3 is 2.48 bits per heavy atom. The average Bonchev–Trinajstić information content (AvgIpc) is 3.20. The molecule has 0 bridgehead atoms. The largest absolute Gasteiger partial charge is 0.384 e. The summed E-state index contributed by atoms with van der Waals surface area (Å²) in [6.07, 6.45) is 0. The summed E-state index contributed by atoms with van der Waals surface area (Å²) in [7, 11) is 2.96. The molecule has 8 nitrogen and oxygen atoms in total. The van der Waals surface area contributed by atoms with E-state index >= 15 is 0 Å². The molecule has 0 unspecified atom stereocenters. The molecule has 5 aromatic rings. The van der Waals surface area contributed by atoms with Gasteiger partial charge >= 0.3 is 5.69 Å². The number of hydrogen-bond acceptors (Lipinski definition) is 6. The van der Waals surface area contributed by atoms with Crippen LogP contribution in [0.5, 0.6) is 0 Å². The molecule has 5 rings (SSSR count). The third-order valence-corrected chi connectivity index (χ3v) is 5.87. The van der Waals surface area contributed by atoms with E-state index < -0.39 is 11.2 Å². The summed E-state index contributed by atoms with van der Waals surface area (Å²) in [4.78, 5) is 30.3. The molecular formula is C22H16BrN5O3. The molecule has 0 spiro atoms. The highest BCUT2D eigenvalue weighted by Gasteiger charge is 2.25. The van der Waals surface area contributed by atoms with Gasteiger partial charge in [-0.05, 0) is 18.2 Å². The maximum atomic E-state index is 13.3. The Bertz CT molecular complexity index is 1620. The molecule has 2 aromatic carbocycles. The summed E-state index contributed by atoms with van der Waals surface area (Å²) >= 11 is 3.50. The van der Waals surface area contributed by atoms with Gasteiger partial charge in [0.2, 0.25) is 0 Å². The topological polar surface area (TPSA) is 109 Å². The number of nitrogens with two attached hydrogens (primary N) is 1. The number of benzene rings is 2. The number of nitrogen functional groups attached to an aromatic ring is 1. The standard InChI is InChI=1S/C22H16BrN5O3/c1-27-19(24)17(21(29)28(2)22(27)30)15-13-10-12(23)8-9-14(13)25-20-16(15)18(26-31-20)11-6-4-3-5-7-11/h3-10H,24H2,1-2H3. The van der Waals surface area contributed by atoms with E-state index in [-0.39, 0.29) is 17.1 Å². The lowest BCUT2D eigenvalue weighted by molar-refractivity contribution is 0.452. The molecule has 0 amide bonds. The van der Waals surface area contributed by atoms with Crippen molar-refractivity contribution in [1.82, 2.24) is 19.3 Å². The van der Waals surface area contributed by atoms with Crippen molar-refractivity contribution in [1.29, 1.82) is 0 Å². The highest BCUT2D eigenvalue weighted by Crippen LogP contribution is 2.40. The third-order valence-electron chi connectivity index (χ3n) is 5.38. The zero-order valence-electron chi connectivity index (χ0n) is 16.6. The summed E-state index contributed by atoms with van der Waals surface area (Å²) in [6, 6.07) is 15.0. The van der Waals surface area contributed by atoms with Crippen molar-refractivity contribution in [2.75, 3.05) is 5.73 Å². The monoisotopic (exact) mass is 477 g/mol. The van der Waals surface area contributed by atoms with Gasteiger partial charge in [0.15, 0.2) is 0 Å². The first-order valence-corrected chi connectivity index (χ1v) is 10.2. The molecule has 3 heterocycles. The second-order valence-corrected chi connectivity index (χ2v) is 8.11. The lowest BCUT2D eigenvalue weighted by Crippen LogP contribution is -2.39. The van der Waals surface area contributed by atoms with Gasteiger partial charge in [-0.2, -0.15) is 0 Å². The van der Waals surface area contributed by atoms with Crippen molar-refractivity contribution in [3.05, 3.63) is 73.8 Å². The first kappa shape index (κ1) is 19.3. The van der Waals surface area contributed by atoms with Crippen molar-refractivity contribution < 1.29 is 4.52 Å². The first-order chi connectivity index (χ1) is 14.9. The number of anilines is 1. The van der Waals surface area contributed by atoms with Gasteiger partial charge < -0.3 is 10.3 Å². The van der Waals surface area contributed by atoms with Gasteiger partial charge in [-0.3, -0.25) is 13.9 Å². The maximum absolute atomic E-state index is 13.3. The van der Waals surface area contributed by atoms with Gasteiger partial charge in [-0.15, -0.1) is 0 Å². The van der Waals surface area contributed by atoms with E-state index in [4.69, 9.17) is 10.3 Å². The fourth-order valence-electron chi connectivity index (χ4n) is 3.78. The molecule has 0 fully saturated rings. The van der Waals surface area contributed by atoms with Crippen molar-refractivity contribution in [3.63, 3.8) is 0 Å². The minimum atomic E-state index is -0.505. The fourth-order valence-corrected chi connectivity index (χ4v) is 4.14. The van der Waals surface area contributed by atoms with Gasteiger partial charge in [0.05, 0.1) is 16.5 Å². The SMILES string of the molecule is Cn1c(N)c(-c2c3cc(Br)ccc3nc3onc(-c4ccccc4)c23)c(=O)n(C)c1=O. The predicted molar refractivity (Wildman–Crippen MR) is 123 cm³/mol. The maximum Gasteiger partial charge on any atom is 0.332 e. The quantitative estimate of drug-likeness (QED) is 0.416. The van der Waals surface area contributed by atoms with Crippen LogP contribution in [-0.4, -0.2) is 19.3 Å². The van der Waals surface area contributed by atoms with E-state index in [0.717, 1.165) is 14.6 Å². The van der Waals surface area contributed by atoms with Crippen LogP contribution in [0.15, 0.2) is 67.1 Å². The number of rotatable bonds is 2. The highest BCUT2D eigenvalue weighted by molar-refractivity contribution is 9.10. The van der Waals surface area contributed by atoms with Crippen molar-refractivity contribution >= 4 is 43.8 Å². The number of aromatic nitrogens is 4. The van der Waals surface area contributed by atoms with Crippen LogP contribution < -0.4 is 17.0 Å². The van der Waals surface area contributed by atoms with E-state index in [1.54, 1.807) is 0 Å². The van der Waals surface area contributed by atoms with Crippen molar-refractivity contribution in [2.45, 2.75) is 0 Å². The number of pyridine rings is 1. The van der Waals surface area contributed by atoms with Crippen LogP contribution in [0.3, 0.4) is 0 Å². The van der Waals surface area contributed by atoms with Gasteiger partial charge in [-0.1, -0.05) is 51.4 Å². The molecule has 0 saturated heterocycles. The predicted octanol–water partition coefficient (Wildman–Crippen LogP) is 3.45. The molecule has 0 radical (unpaired) electrons. The molecular weight excluding hydrogens is 462 g/mol. The van der Waals surface area contributed by atoms with Crippen LogP contribution >= 0.6 is 15.9 Å². The number of fused-ring (bicyclic) bond motifs is 2. The van der Waals surface area contributed by atoms with E-state index in [2.05, 4.69) is 26.1 Å². The van der Waals surface area contributed by atoms with Crippen LogP contribution in [-0.2, 0) is 14.1 Å². The minimum Gasteiger partial charge on any atom is -0.384 e. The summed E-state index contributed by atoms with van der Waals surface area (Å²) in [6.45, 7) is 0. The first-order valence-electron chi connectivity index (χ1n) is 9.38. The summed E-state index contributed by atoms with van der Waals surface area (Å²) in [5.74, 6) is 0.0575. The van der Waals surface area contributed by atoms with Crippen molar-refractivity contribution in [2.24, 2.45) is 14.1 Å². The molecule has 9 heteroatoms.